The van der Waals surface area contributed by atoms with Crippen molar-refractivity contribution < 1.29 is 4.79 Å². The van der Waals surface area contributed by atoms with Crippen LogP contribution in [0.15, 0.2) is 0 Å². The Morgan fingerprint density at radius 2 is 2.06 bits per heavy atom. The van der Waals surface area contributed by atoms with E-state index in [4.69, 9.17) is 0 Å². The van der Waals surface area contributed by atoms with Gasteiger partial charge in [-0.3, -0.25) is 4.79 Å². The second kappa shape index (κ2) is 7.31. The zero-order chi connectivity index (χ0) is 12.0. The molecule has 2 nitrogen and oxygen atoms in total. The van der Waals surface area contributed by atoms with Gasteiger partial charge in [0.2, 0.25) is 5.91 Å². The summed E-state index contributed by atoms with van der Waals surface area (Å²) in [6.07, 6.45) is 8.31. The molecule has 0 aliphatic heterocycles. The third-order valence-corrected chi connectivity index (χ3v) is 3.99. The van der Waals surface area contributed by atoms with Crippen LogP contribution in [0.3, 0.4) is 0 Å². The fourth-order valence-corrected chi connectivity index (χ4v) is 2.52. The van der Waals surface area contributed by atoms with Crippen LogP contribution >= 0.6 is 15.9 Å². The standard InChI is InChI=1S/C13H24BrNO/c1-11(14)9-10-15(2)13(16)8-7-12-5-3-4-6-12/h11-12H,3-10H2,1-2H3. The van der Waals surface area contributed by atoms with Crippen LogP contribution in [0.4, 0.5) is 0 Å². The molecule has 0 heterocycles. The van der Waals surface area contributed by atoms with E-state index in [0.717, 1.165) is 31.7 Å². The predicted octanol–water partition coefficient (Wildman–Crippen LogP) is 3.59. The average Bonchev–Trinajstić information content (AvgIpc) is 2.75. The molecule has 0 bridgehead atoms. The van der Waals surface area contributed by atoms with E-state index in [9.17, 15) is 4.79 Å². The number of rotatable bonds is 6. The number of carbonyl (C=O) groups excluding carboxylic acids is 1. The van der Waals surface area contributed by atoms with Crippen LogP contribution in [0, 0.1) is 5.92 Å². The molecule has 0 aromatic carbocycles. The lowest BCUT2D eigenvalue weighted by Crippen LogP contribution is -2.28. The first-order valence-electron chi connectivity index (χ1n) is 6.47. The summed E-state index contributed by atoms with van der Waals surface area (Å²) in [4.78, 5) is 14.2. The summed E-state index contributed by atoms with van der Waals surface area (Å²) in [6, 6.07) is 0. The molecule has 0 aromatic rings. The highest BCUT2D eigenvalue weighted by Gasteiger charge is 2.17. The van der Waals surface area contributed by atoms with Crippen molar-refractivity contribution in [3.8, 4) is 0 Å². The molecule has 94 valence electrons. The van der Waals surface area contributed by atoms with Crippen LogP contribution in [-0.2, 0) is 4.79 Å². The quantitative estimate of drug-likeness (QED) is 0.685. The van der Waals surface area contributed by atoms with Crippen LogP contribution in [0.1, 0.15) is 51.9 Å². The highest BCUT2D eigenvalue weighted by atomic mass is 79.9. The van der Waals surface area contributed by atoms with Gasteiger partial charge in [-0.1, -0.05) is 48.5 Å². The molecule has 0 aromatic heterocycles. The van der Waals surface area contributed by atoms with Gasteiger partial charge in [0, 0.05) is 24.8 Å². The van der Waals surface area contributed by atoms with Gasteiger partial charge in [-0.15, -0.1) is 0 Å². The Hall–Kier alpha value is -0.0500. The maximum atomic E-state index is 11.8. The number of amides is 1. The average molecular weight is 290 g/mol. The van der Waals surface area contributed by atoms with Crippen molar-refractivity contribution in [1.29, 1.82) is 0 Å². The molecule has 0 saturated heterocycles. The van der Waals surface area contributed by atoms with E-state index in [1.165, 1.54) is 25.7 Å². The molecule has 1 amide bonds. The lowest BCUT2D eigenvalue weighted by molar-refractivity contribution is -0.130. The molecule has 0 radical (unpaired) electrons. The van der Waals surface area contributed by atoms with Gasteiger partial charge in [0.05, 0.1) is 0 Å². The molecule has 1 rings (SSSR count). The molecule has 16 heavy (non-hydrogen) atoms. The highest BCUT2D eigenvalue weighted by Crippen LogP contribution is 2.28. The lowest BCUT2D eigenvalue weighted by Gasteiger charge is -2.18. The molecule has 0 N–H and O–H groups in total. The number of hydrogen-bond donors (Lipinski definition) is 0. The fourth-order valence-electron chi connectivity index (χ4n) is 2.31. The molecule has 0 spiro atoms. The van der Waals surface area contributed by atoms with Gasteiger partial charge >= 0.3 is 0 Å². The van der Waals surface area contributed by atoms with Crippen LogP contribution in [-0.4, -0.2) is 29.2 Å². The van der Waals surface area contributed by atoms with Crippen molar-refractivity contribution in [3.63, 3.8) is 0 Å². The Morgan fingerprint density at radius 1 is 1.44 bits per heavy atom. The summed E-state index contributed by atoms with van der Waals surface area (Å²) < 4.78 is 0. The lowest BCUT2D eigenvalue weighted by atomic mass is 10.0. The summed E-state index contributed by atoms with van der Waals surface area (Å²) in [5.41, 5.74) is 0. The number of halogens is 1. The monoisotopic (exact) mass is 289 g/mol. The molecule has 1 aliphatic rings. The minimum Gasteiger partial charge on any atom is -0.346 e. The molecular weight excluding hydrogens is 266 g/mol. The smallest absolute Gasteiger partial charge is 0.222 e. The summed E-state index contributed by atoms with van der Waals surface area (Å²) >= 11 is 3.51. The van der Waals surface area contributed by atoms with E-state index < -0.39 is 0 Å². The zero-order valence-corrected chi connectivity index (χ0v) is 12.1. The van der Waals surface area contributed by atoms with Crippen molar-refractivity contribution >= 4 is 21.8 Å². The van der Waals surface area contributed by atoms with Crippen LogP contribution in [0.2, 0.25) is 0 Å². The Bertz CT molecular complexity index is 212. The second-order valence-electron chi connectivity index (χ2n) is 5.07. The first-order chi connectivity index (χ1) is 7.59. The van der Waals surface area contributed by atoms with E-state index in [2.05, 4.69) is 22.9 Å². The first kappa shape index (κ1) is 14.0. The number of hydrogen-bond acceptors (Lipinski definition) is 1. The maximum Gasteiger partial charge on any atom is 0.222 e. The second-order valence-corrected chi connectivity index (χ2v) is 6.64. The van der Waals surface area contributed by atoms with Crippen molar-refractivity contribution in [1.82, 2.24) is 4.90 Å². The fraction of sp³-hybridized carbons (Fsp3) is 0.923. The Kier molecular flexibility index (Phi) is 6.40. The number of alkyl halides is 1. The number of carbonyl (C=O) groups is 1. The van der Waals surface area contributed by atoms with Gasteiger partial charge in [-0.05, 0) is 18.8 Å². The van der Waals surface area contributed by atoms with Crippen LogP contribution in [0.25, 0.3) is 0 Å². The van der Waals surface area contributed by atoms with Crippen LogP contribution < -0.4 is 0 Å². The van der Waals surface area contributed by atoms with Gasteiger partial charge in [0.25, 0.3) is 0 Å². The predicted molar refractivity (Wildman–Crippen MR) is 71.8 cm³/mol. The summed E-state index contributed by atoms with van der Waals surface area (Å²) in [5, 5.41) is 0. The van der Waals surface area contributed by atoms with Crippen molar-refractivity contribution in [3.05, 3.63) is 0 Å². The zero-order valence-electron chi connectivity index (χ0n) is 10.5. The SMILES string of the molecule is CC(Br)CCN(C)C(=O)CCC1CCCC1. The van der Waals surface area contributed by atoms with Crippen molar-refractivity contribution in [2.45, 2.75) is 56.7 Å². The molecule has 1 fully saturated rings. The van der Waals surface area contributed by atoms with E-state index in [1.54, 1.807) is 0 Å². The third kappa shape index (κ3) is 5.33. The van der Waals surface area contributed by atoms with Gasteiger partial charge in [0.1, 0.15) is 0 Å². The van der Waals surface area contributed by atoms with Gasteiger partial charge in [-0.2, -0.15) is 0 Å². The van der Waals surface area contributed by atoms with Gasteiger partial charge in [-0.25, -0.2) is 0 Å². The van der Waals surface area contributed by atoms with Crippen molar-refractivity contribution in [2.75, 3.05) is 13.6 Å². The Balaban J connectivity index is 2.12. The minimum absolute atomic E-state index is 0.319. The van der Waals surface area contributed by atoms with Crippen molar-refractivity contribution in [2.24, 2.45) is 5.92 Å². The highest BCUT2D eigenvalue weighted by molar-refractivity contribution is 9.09. The summed E-state index contributed by atoms with van der Waals surface area (Å²) in [5.74, 6) is 1.15. The molecular formula is C13H24BrNO. The minimum atomic E-state index is 0.319. The van der Waals surface area contributed by atoms with E-state index in [-0.39, 0.29) is 0 Å². The molecule has 1 saturated carbocycles. The summed E-state index contributed by atoms with van der Waals surface area (Å²) in [6.45, 7) is 2.99. The van der Waals surface area contributed by atoms with Gasteiger partial charge < -0.3 is 4.90 Å². The molecule has 3 heteroatoms. The molecule has 1 unspecified atom stereocenters. The van der Waals surface area contributed by atoms with Crippen LogP contribution in [0.5, 0.6) is 0 Å². The molecule has 1 aliphatic carbocycles. The van der Waals surface area contributed by atoms with E-state index >= 15 is 0 Å². The summed E-state index contributed by atoms with van der Waals surface area (Å²) in [7, 11) is 1.92. The Labute approximate surface area is 108 Å². The third-order valence-electron chi connectivity index (χ3n) is 3.53. The normalized spacial score (nSPS) is 18.7. The Morgan fingerprint density at radius 3 is 2.62 bits per heavy atom. The molecule has 1 atom stereocenters. The number of nitrogens with zero attached hydrogens (tertiary/aromatic N) is 1. The van der Waals surface area contributed by atoms with E-state index in [1.807, 2.05) is 11.9 Å². The van der Waals surface area contributed by atoms with E-state index in [0.29, 0.717) is 10.7 Å². The largest absolute Gasteiger partial charge is 0.346 e. The first-order valence-corrected chi connectivity index (χ1v) is 7.39. The maximum absolute atomic E-state index is 11.8. The topological polar surface area (TPSA) is 20.3 Å². The van der Waals surface area contributed by atoms with Gasteiger partial charge in [0.15, 0.2) is 0 Å².